The van der Waals surface area contributed by atoms with E-state index in [2.05, 4.69) is 21.3 Å². The Kier molecular flexibility index (Phi) is 11.1. The monoisotopic (exact) mass is 467 g/mol. The second-order valence-corrected chi connectivity index (χ2v) is 8.87. The Hall–Kier alpha value is -2.69. The molecule has 0 spiro atoms. The first-order chi connectivity index (χ1) is 15.7. The molecule has 2 aliphatic heterocycles. The van der Waals surface area contributed by atoms with Crippen molar-refractivity contribution in [3.63, 3.8) is 0 Å². The third-order valence-electron chi connectivity index (χ3n) is 6.13. The fourth-order valence-corrected chi connectivity index (χ4v) is 4.29. The van der Waals surface area contributed by atoms with E-state index >= 15 is 0 Å². The second kappa shape index (κ2) is 13.8. The van der Waals surface area contributed by atoms with Crippen molar-refractivity contribution in [2.24, 2.45) is 11.8 Å². The number of nitrogens with zero attached hydrogens (tertiary/aromatic N) is 1. The van der Waals surface area contributed by atoms with Crippen molar-refractivity contribution in [1.82, 2.24) is 26.2 Å². The average Bonchev–Trinajstić information content (AvgIpc) is 2.77. The van der Waals surface area contributed by atoms with Crippen LogP contribution in [-0.2, 0) is 24.0 Å². The molecule has 2 fully saturated rings. The number of carboxylic acids is 1. The van der Waals surface area contributed by atoms with Gasteiger partial charge in [0.05, 0.1) is 12.3 Å². The zero-order valence-electron chi connectivity index (χ0n) is 19.4. The van der Waals surface area contributed by atoms with Gasteiger partial charge in [0, 0.05) is 39.4 Å². The molecule has 11 nitrogen and oxygen atoms in total. The van der Waals surface area contributed by atoms with Gasteiger partial charge >= 0.3 is 5.97 Å². The van der Waals surface area contributed by atoms with E-state index in [1.165, 1.54) is 6.92 Å². The lowest BCUT2D eigenvalue weighted by Gasteiger charge is -2.33. The number of aliphatic carboxylic acids is 1. The van der Waals surface area contributed by atoms with Crippen LogP contribution in [0.3, 0.4) is 0 Å². The van der Waals surface area contributed by atoms with Crippen molar-refractivity contribution in [2.45, 2.75) is 64.5 Å². The molecular formula is C22H37N5O6. The van der Waals surface area contributed by atoms with Gasteiger partial charge in [-0.1, -0.05) is 0 Å². The molecule has 0 bridgehead atoms. The molecule has 2 aliphatic rings. The van der Waals surface area contributed by atoms with Gasteiger partial charge in [-0.2, -0.15) is 0 Å². The van der Waals surface area contributed by atoms with Gasteiger partial charge in [-0.25, -0.2) is 0 Å². The Morgan fingerprint density at radius 1 is 1.06 bits per heavy atom. The maximum Gasteiger partial charge on any atom is 0.307 e. The summed E-state index contributed by atoms with van der Waals surface area (Å²) in [4.78, 5) is 61.3. The molecule has 2 atom stereocenters. The Morgan fingerprint density at radius 3 is 2.45 bits per heavy atom. The molecule has 2 rings (SSSR count). The summed E-state index contributed by atoms with van der Waals surface area (Å²) >= 11 is 0. The number of piperidine rings is 2. The van der Waals surface area contributed by atoms with Gasteiger partial charge in [-0.05, 0) is 51.1 Å². The Balaban J connectivity index is 1.82. The summed E-state index contributed by atoms with van der Waals surface area (Å²) in [6, 6.07) is 0. The van der Waals surface area contributed by atoms with Crippen molar-refractivity contribution >= 4 is 29.6 Å². The summed E-state index contributed by atoms with van der Waals surface area (Å²) in [5, 5.41) is 20.0. The van der Waals surface area contributed by atoms with Crippen LogP contribution in [0.15, 0.2) is 0 Å². The van der Waals surface area contributed by atoms with Gasteiger partial charge in [-0.15, -0.1) is 0 Å². The molecule has 0 unspecified atom stereocenters. The number of nitrogens with one attached hydrogen (secondary N) is 4. The molecular weight excluding hydrogens is 430 g/mol. The number of carbonyl (C=O) groups is 5. The van der Waals surface area contributed by atoms with E-state index < -0.39 is 30.4 Å². The first-order valence-corrected chi connectivity index (χ1v) is 11.8. The molecule has 11 heteroatoms. The highest BCUT2D eigenvalue weighted by molar-refractivity contribution is 5.83. The van der Waals surface area contributed by atoms with E-state index in [0.29, 0.717) is 38.3 Å². The lowest BCUT2D eigenvalue weighted by Crippen LogP contribution is -2.53. The minimum atomic E-state index is -1.17. The van der Waals surface area contributed by atoms with E-state index in [0.717, 1.165) is 32.4 Å². The third kappa shape index (κ3) is 10.2. The molecule has 5 N–H and O–H groups in total. The van der Waals surface area contributed by atoms with Crippen molar-refractivity contribution < 1.29 is 29.1 Å². The standard InChI is InChI=1S/C22H37N5O6/c1-15(28)24-11-8-19(29)25-18(13-21(31)32)26-22(33)17-3-2-12-27(14-17)20(30)5-4-16-6-9-23-10-7-16/h16-18,23H,2-14H2,1H3,(H,24,28)(H,25,29)(H,26,33)(H,31,32)/t17-,18-/m1/s1. The average molecular weight is 468 g/mol. The fourth-order valence-electron chi connectivity index (χ4n) is 4.29. The Bertz CT molecular complexity index is 709. The van der Waals surface area contributed by atoms with Gasteiger partial charge < -0.3 is 31.3 Å². The molecule has 0 aliphatic carbocycles. The highest BCUT2D eigenvalue weighted by Gasteiger charge is 2.30. The largest absolute Gasteiger partial charge is 0.481 e. The van der Waals surface area contributed by atoms with Crippen LogP contribution in [0.2, 0.25) is 0 Å². The number of amides is 4. The van der Waals surface area contributed by atoms with Crippen LogP contribution in [0, 0.1) is 11.8 Å². The van der Waals surface area contributed by atoms with Crippen molar-refractivity contribution in [2.75, 3.05) is 32.7 Å². The normalized spacial score (nSPS) is 19.9. The molecule has 0 radical (unpaired) electrons. The Morgan fingerprint density at radius 2 is 1.79 bits per heavy atom. The Labute approximate surface area is 194 Å². The van der Waals surface area contributed by atoms with Crippen LogP contribution < -0.4 is 21.3 Å². The molecule has 0 aromatic heterocycles. The zero-order valence-corrected chi connectivity index (χ0v) is 19.4. The number of likely N-dealkylation sites (tertiary alicyclic amines) is 1. The summed E-state index contributed by atoms with van der Waals surface area (Å²) in [5.74, 6) is -2.13. The molecule has 0 aromatic carbocycles. The summed E-state index contributed by atoms with van der Waals surface area (Å²) in [6.45, 7) is 4.35. The first-order valence-electron chi connectivity index (χ1n) is 11.8. The van der Waals surface area contributed by atoms with Crippen LogP contribution in [0.5, 0.6) is 0 Å². The molecule has 2 saturated heterocycles. The van der Waals surface area contributed by atoms with Gasteiger partial charge in [0.15, 0.2) is 0 Å². The highest BCUT2D eigenvalue weighted by Crippen LogP contribution is 2.21. The molecule has 0 saturated carbocycles. The highest BCUT2D eigenvalue weighted by atomic mass is 16.4. The number of hydrogen-bond donors (Lipinski definition) is 5. The predicted molar refractivity (Wildman–Crippen MR) is 120 cm³/mol. The van der Waals surface area contributed by atoms with Gasteiger partial charge in [0.2, 0.25) is 23.6 Å². The molecule has 33 heavy (non-hydrogen) atoms. The smallest absolute Gasteiger partial charge is 0.307 e. The van der Waals surface area contributed by atoms with Crippen LogP contribution in [0.25, 0.3) is 0 Å². The van der Waals surface area contributed by atoms with Crippen LogP contribution in [0.1, 0.15) is 58.3 Å². The first kappa shape index (κ1) is 26.6. The maximum atomic E-state index is 12.8. The third-order valence-corrected chi connectivity index (χ3v) is 6.13. The van der Waals surface area contributed by atoms with Crippen LogP contribution >= 0.6 is 0 Å². The zero-order chi connectivity index (χ0) is 24.2. The van der Waals surface area contributed by atoms with Crippen molar-refractivity contribution in [3.8, 4) is 0 Å². The molecule has 4 amide bonds. The number of hydrogen-bond acceptors (Lipinski definition) is 6. The minimum absolute atomic E-state index is 0.0334. The fraction of sp³-hybridized carbons (Fsp3) is 0.773. The lowest BCUT2D eigenvalue weighted by atomic mass is 9.92. The van der Waals surface area contributed by atoms with Gasteiger partial charge in [0.25, 0.3) is 0 Å². The van der Waals surface area contributed by atoms with Crippen molar-refractivity contribution in [1.29, 1.82) is 0 Å². The van der Waals surface area contributed by atoms with Gasteiger partial charge in [-0.3, -0.25) is 24.0 Å². The summed E-state index contributed by atoms with van der Waals surface area (Å²) in [7, 11) is 0. The quantitative estimate of drug-likeness (QED) is 0.258. The van der Waals surface area contributed by atoms with E-state index in [1.54, 1.807) is 4.90 Å². The topological polar surface area (TPSA) is 157 Å². The second-order valence-electron chi connectivity index (χ2n) is 8.87. The summed E-state index contributed by atoms with van der Waals surface area (Å²) in [5.41, 5.74) is 0. The number of carbonyl (C=O) groups excluding carboxylic acids is 4. The predicted octanol–water partition coefficient (Wildman–Crippen LogP) is -0.436. The van der Waals surface area contributed by atoms with Crippen molar-refractivity contribution in [3.05, 3.63) is 0 Å². The van der Waals surface area contributed by atoms with E-state index in [9.17, 15) is 24.0 Å². The number of rotatable bonds is 11. The maximum absolute atomic E-state index is 12.8. The van der Waals surface area contributed by atoms with E-state index in [1.807, 2.05) is 0 Å². The van der Waals surface area contributed by atoms with E-state index in [4.69, 9.17) is 5.11 Å². The SMILES string of the molecule is CC(=O)NCCC(=O)N[C@@H](CC(=O)O)NC(=O)[C@@H]1CCCN(C(=O)CCC2CCNCC2)C1. The molecule has 2 heterocycles. The lowest BCUT2D eigenvalue weighted by molar-refractivity contribution is -0.138. The number of carboxylic acid groups (broad SMARTS) is 1. The van der Waals surface area contributed by atoms with E-state index in [-0.39, 0.29) is 30.7 Å². The molecule has 186 valence electrons. The van der Waals surface area contributed by atoms with Crippen LogP contribution in [-0.4, -0.2) is 78.5 Å². The minimum Gasteiger partial charge on any atom is -0.481 e. The van der Waals surface area contributed by atoms with Gasteiger partial charge in [0.1, 0.15) is 6.17 Å². The van der Waals surface area contributed by atoms with Crippen LogP contribution in [0.4, 0.5) is 0 Å². The summed E-state index contributed by atoms with van der Waals surface area (Å²) in [6.07, 6.45) is 3.23. The summed E-state index contributed by atoms with van der Waals surface area (Å²) < 4.78 is 0. The molecule has 0 aromatic rings.